The fourth-order valence-corrected chi connectivity index (χ4v) is 3.02. The molecule has 2 heterocycles. The van der Waals surface area contributed by atoms with E-state index in [0.717, 1.165) is 16.7 Å². The van der Waals surface area contributed by atoms with Gasteiger partial charge in [0.25, 0.3) is 0 Å². The summed E-state index contributed by atoms with van der Waals surface area (Å²) in [6.45, 7) is 0. The van der Waals surface area contributed by atoms with E-state index in [9.17, 15) is 4.79 Å². The molecule has 1 N–H and O–H groups in total. The summed E-state index contributed by atoms with van der Waals surface area (Å²) in [6, 6.07) is 16.1. The molecule has 30 heavy (non-hydrogen) atoms. The molecule has 1 amide bonds. The largest absolute Gasteiger partial charge is 0.497 e. The number of amides is 1. The minimum Gasteiger partial charge on any atom is -0.497 e. The van der Waals surface area contributed by atoms with E-state index in [2.05, 4.69) is 10.3 Å². The number of carbonyl (C=O) groups excluding carboxylic acids is 1. The Kier molecular flexibility index (Phi) is 5.52. The first-order valence-electron chi connectivity index (χ1n) is 9.27. The van der Waals surface area contributed by atoms with Crippen LogP contribution in [0.15, 0.2) is 71.5 Å². The summed E-state index contributed by atoms with van der Waals surface area (Å²) in [6.07, 6.45) is 3.34. The molecule has 4 aromatic rings. The van der Waals surface area contributed by atoms with Crippen molar-refractivity contribution in [1.29, 1.82) is 0 Å². The third-order valence-electron chi connectivity index (χ3n) is 4.53. The summed E-state index contributed by atoms with van der Waals surface area (Å²) in [7, 11) is 3.19. The van der Waals surface area contributed by atoms with Gasteiger partial charge in [0.15, 0.2) is 0 Å². The lowest BCUT2D eigenvalue weighted by Gasteiger charge is -2.11. The van der Waals surface area contributed by atoms with Gasteiger partial charge in [-0.25, -0.2) is 4.98 Å². The van der Waals surface area contributed by atoms with Crippen LogP contribution in [-0.4, -0.2) is 25.1 Å². The van der Waals surface area contributed by atoms with Gasteiger partial charge in [-0.3, -0.25) is 4.79 Å². The second-order valence-electron chi connectivity index (χ2n) is 6.48. The summed E-state index contributed by atoms with van der Waals surface area (Å²) in [5, 5.41) is 3.73. The molecular formula is C23H20N2O5. The maximum absolute atomic E-state index is 12.7. The van der Waals surface area contributed by atoms with Crippen molar-refractivity contribution >= 4 is 22.6 Å². The lowest BCUT2D eigenvalue weighted by Crippen LogP contribution is -2.15. The number of rotatable bonds is 7. The lowest BCUT2D eigenvalue weighted by atomic mass is 10.1. The van der Waals surface area contributed by atoms with Crippen LogP contribution in [0.3, 0.4) is 0 Å². The van der Waals surface area contributed by atoms with Gasteiger partial charge in [-0.2, -0.15) is 0 Å². The van der Waals surface area contributed by atoms with Crippen LogP contribution in [-0.2, 0) is 11.2 Å². The van der Waals surface area contributed by atoms with Crippen LogP contribution in [0.5, 0.6) is 23.1 Å². The Bertz CT molecular complexity index is 1170. The van der Waals surface area contributed by atoms with Crippen LogP contribution >= 0.6 is 0 Å². The van der Waals surface area contributed by atoms with Crippen molar-refractivity contribution < 1.29 is 23.4 Å². The van der Waals surface area contributed by atoms with E-state index >= 15 is 0 Å². The van der Waals surface area contributed by atoms with Crippen LogP contribution in [0.25, 0.3) is 11.0 Å². The van der Waals surface area contributed by atoms with Crippen molar-refractivity contribution in [2.45, 2.75) is 6.42 Å². The van der Waals surface area contributed by atoms with E-state index in [1.54, 1.807) is 69.1 Å². The van der Waals surface area contributed by atoms with Crippen molar-refractivity contribution in [3.05, 3.63) is 72.6 Å². The van der Waals surface area contributed by atoms with Gasteiger partial charge in [0.1, 0.15) is 28.5 Å². The number of fused-ring (bicyclic) bond motifs is 1. The molecular weight excluding hydrogens is 384 g/mol. The number of benzene rings is 2. The highest BCUT2D eigenvalue weighted by molar-refractivity contribution is 5.96. The predicted molar refractivity (Wildman–Crippen MR) is 112 cm³/mol. The van der Waals surface area contributed by atoms with E-state index in [4.69, 9.17) is 18.6 Å². The summed E-state index contributed by atoms with van der Waals surface area (Å²) < 4.78 is 21.7. The number of ether oxygens (including phenoxy) is 3. The van der Waals surface area contributed by atoms with Crippen LogP contribution < -0.4 is 19.5 Å². The number of hydrogen-bond acceptors (Lipinski definition) is 6. The normalized spacial score (nSPS) is 10.6. The predicted octanol–water partition coefficient (Wildman–Crippen LogP) is 4.82. The zero-order valence-electron chi connectivity index (χ0n) is 16.5. The van der Waals surface area contributed by atoms with Crippen LogP contribution in [0.4, 0.5) is 5.69 Å². The zero-order chi connectivity index (χ0) is 20.9. The third kappa shape index (κ3) is 4.20. The van der Waals surface area contributed by atoms with Crippen LogP contribution in [0, 0.1) is 0 Å². The average Bonchev–Trinajstić information content (AvgIpc) is 3.17. The molecule has 2 aromatic carbocycles. The van der Waals surface area contributed by atoms with Crippen molar-refractivity contribution in [1.82, 2.24) is 4.98 Å². The van der Waals surface area contributed by atoms with Crippen molar-refractivity contribution in [2.75, 3.05) is 19.5 Å². The number of aromatic nitrogens is 1. The number of anilines is 1. The molecule has 0 aliphatic carbocycles. The summed E-state index contributed by atoms with van der Waals surface area (Å²) >= 11 is 0. The molecule has 0 radical (unpaired) electrons. The first-order valence-corrected chi connectivity index (χ1v) is 9.27. The Balaban J connectivity index is 1.48. The van der Waals surface area contributed by atoms with E-state index in [1.807, 2.05) is 12.1 Å². The summed E-state index contributed by atoms with van der Waals surface area (Å²) in [5.74, 6) is 2.10. The van der Waals surface area contributed by atoms with Gasteiger partial charge in [0, 0.05) is 23.2 Å². The zero-order valence-corrected chi connectivity index (χ0v) is 16.5. The fraction of sp³-hybridized carbons (Fsp3) is 0.130. The lowest BCUT2D eigenvalue weighted by molar-refractivity contribution is -0.115. The molecule has 0 aliphatic heterocycles. The topological polar surface area (TPSA) is 82.8 Å². The van der Waals surface area contributed by atoms with Gasteiger partial charge in [0.05, 0.1) is 26.9 Å². The molecule has 152 valence electrons. The van der Waals surface area contributed by atoms with Gasteiger partial charge in [-0.05, 0) is 48.5 Å². The molecule has 7 heteroatoms. The van der Waals surface area contributed by atoms with E-state index < -0.39 is 0 Å². The molecule has 0 fully saturated rings. The number of hydrogen-bond donors (Lipinski definition) is 1. The van der Waals surface area contributed by atoms with Crippen LogP contribution in [0.1, 0.15) is 5.56 Å². The van der Waals surface area contributed by atoms with Gasteiger partial charge in [-0.1, -0.05) is 0 Å². The molecule has 7 nitrogen and oxygen atoms in total. The summed E-state index contributed by atoms with van der Waals surface area (Å²) in [4.78, 5) is 16.9. The smallest absolute Gasteiger partial charge is 0.243 e. The minimum absolute atomic E-state index is 0.149. The number of methoxy groups -OCH3 is 2. The summed E-state index contributed by atoms with van der Waals surface area (Å²) in [5.41, 5.74) is 1.93. The quantitative estimate of drug-likeness (QED) is 0.476. The van der Waals surface area contributed by atoms with Gasteiger partial charge in [0.2, 0.25) is 11.8 Å². The van der Waals surface area contributed by atoms with E-state index in [1.165, 1.54) is 0 Å². The van der Waals surface area contributed by atoms with Crippen molar-refractivity contribution in [3.8, 4) is 23.1 Å². The first kappa shape index (κ1) is 19.3. The standard InChI is InChI=1S/C23H20N2O5/c1-27-16-5-7-17(8-6-16)30-23-20(4-3-11-24-23)25-22(26)12-15-14-29-21-13-18(28-2)9-10-19(15)21/h3-11,13-14H,12H2,1-2H3,(H,25,26). The Morgan fingerprint density at radius 1 is 1.00 bits per heavy atom. The number of nitrogens with one attached hydrogen (secondary N) is 1. The number of carbonyl (C=O) groups is 1. The second kappa shape index (κ2) is 8.57. The highest BCUT2D eigenvalue weighted by Crippen LogP contribution is 2.29. The fourth-order valence-electron chi connectivity index (χ4n) is 3.02. The van der Waals surface area contributed by atoms with Crippen molar-refractivity contribution in [3.63, 3.8) is 0 Å². The molecule has 0 unspecified atom stereocenters. The van der Waals surface area contributed by atoms with E-state index in [0.29, 0.717) is 28.6 Å². The highest BCUT2D eigenvalue weighted by Gasteiger charge is 2.14. The molecule has 2 aromatic heterocycles. The van der Waals surface area contributed by atoms with Gasteiger partial charge in [-0.15, -0.1) is 0 Å². The monoisotopic (exact) mass is 404 g/mol. The molecule has 0 aliphatic rings. The number of nitrogens with zero attached hydrogens (tertiary/aromatic N) is 1. The van der Waals surface area contributed by atoms with Gasteiger partial charge < -0.3 is 23.9 Å². The molecule has 0 spiro atoms. The maximum Gasteiger partial charge on any atom is 0.243 e. The van der Waals surface area contributed by atoms with E-state index in [-0.39, 0.29) is 12.3 Å². The number of pyridine rings is 1. The molecule has 0 bridgehead atoms. The maximum atomic E-state index is 12.7. The Labute approximate surface area is 173 Å². The second-order valence-corrected chi connectivity index (χ2v) is 6.48. The van der Waals surface area contributed by atoms with Crippen molar-refractivity contribution in [2.24, 2.45) is 0 Å². The molecule has 0 saturated heterocycles. The van der Waals surface area contributed by atoms with Gasteiger partial charge >= 0.3 is 0 Å². The third-order valence-corrected chi connectivity index (χ3v) is 4.53. The molecule has 0 atom stereocenters. The molecule has 0 saturated carbocycles. The Morgan fingerprint density at radius 2 is 1.73 bits per heavy atom. The van der Waals surface area contributed by atoms with Crippen LogP contribution in [0.2, 0.25) is 0 Å². The Hall–Kier alpha value is -4.00. The Morgan fingerprint density at radius 3 is 2.50 bits per heavy atom. The average molecular weight is 404 g/mol. The SMILES string of the molecule is COc1ccc(Oc2ncccc2NC(=O)Cc2coc3cc(OC)ccc23)cc1. The first-order chi connectivity index (χ1) is 14.7. The number of furan rings is 1. The molecule has 4 rings (SSSR count). The minimum atomic E-state index is -0.207. The highest BCUT2D eigenvalue weighted by atomic mass is 16.5.